The van der Waals surface area contributed by atoms with Gasteiger partial charge in [-0.3, -0.25) is 9.69 Å². The van der Waals surface area contributed by atoms with Crippen LogP contribution < -0.4 is 15.8 Å². The Labute approximate surface area is 211 Å². The fourth-order valence-electron chi connectivity index (χ4n) is 4.27. The summed E-state index contributed by atoms with van der Waals surface area (Å²) in [6.45, 7) is 6.29. The Balaban J connectivity index is 1.52. The molecule has 9 nitrogen and oxygen atoms in total. The van der Waals surface area contributed by atoms with E-state index in [1.165, 1.54) is 12.1 Å². The molecule has 0 spiro atoms. The van der Waals surface area contributed by atoms with Gasteiger partial charge in [-0.05, 0) is 36.2 Å². The Morgan fingerprint density at radius 3 is 2.76 bits per heavy atom. The number of anilines is 1. The largest absolute Gasteiger partial charge is 0.436 e. The van der Waals surface area contributed by atoms with Crippen molar-refractivity contribution in [1.29, 1.82) is 0 Å². The number of benzene rings is 2. The molecule has 2 aromatic heterocycles. The van der Waals surface area contributed by atoms with E-state index in [0.717, 1.165) is 31.3 Å². The third-order valence-electron chi connectivity index (χ3n) is 6.22. The Bertz CT molecular complexity index is 1450. The first-order valence-corrected chi connectivity index (χ1v) is 11.9. The van der Waals surface area contributed by atoms with E-state index in [1.807, 2.05) is 6.07 Å². The maximum Gasteiger partial charge on any atom is 0.248 e. The van der Waals surface area contributed by atoms with Crippen LogP contribution >= 0.6 is 0 Å². The van der Waals surface area contributed by atoms with Gasteiger partial charge in [-0.15, -0.1) is 0 Å². The number of aryl methyl sites for hydroxylation is 1. The molecular weight excluding hydrogens is 482 g/mol. The quantitative estimate of drug-likeness (QED) is 0.374. The van der Waals surface area contributed by atoms with Crippen molar-refractivity contribution in [3.05, 3.63) is 71.4 Å². The van der Waals surface area contributed by atoms with Crippen molar-refractivity contribution in [2.45, 2.75) is 6.92 Å². The molecule has 0 unspecified atom stereocenters. The van der Waals surface area contributed by atoms with Crippen LogP contribution in [-0.4, -0.2) is 64.8 Å². The summed E-state index contributed by atoms with van der Waals surface area (Å²) < 4.78 is 40.8. The molecule has 3 N–H and O–H groups in total. The number of amides is 1. The van der Waals surface area contributed by atoms with E-state index in [0.29, 0.717) is 47.9 Å². The van der Waals surface area contributed by atoms with Gasteiger partial charge in [0, 0.05) is 43.4 Å². The van der Waals surface area contributed by atoms with Crippen molar-refractivity contribution >= 4 is 17.4 Å². The summed E-state index contributed by atoms with van der Waals surface area (Å²) in [5.74, 6) is -2.27. The highest BCUT2D eigenvalue weighted by Gasteiger charge is 2.18. The molecule has 0 aliphatic carbocycles. The third kappa shape index (κ3) is 5.23. The topological polar surface area (TPSA) is 107 Å². The molecule has 1 aliphatic rings. The molecular formula is C26H26F2N6O3. The predicted octanol–water partition coefficient (Wildman–Crippen LogP) is 3.62. The Morgan fingerprint density at radius 2 is 2.00 bits per heavy atom. The van der Waals surface area contributed by atoms with Gasteiger partial charge in [-0.25, -0.2) is 4.39 Å². The summed E-state index contributed by atoms with van der Waals surface area (Å²) in [6, 6.07) is 10.5. The van der Waals surface area contributed by atoms with Crippen LogP contribution in [0.5, 0.6) is 11.6 Å². The molecule has 0 radical (unpaired) electrons. The standard InChI is InChI=1S/C26H26F2N6O3/c1-16-13-17(5-6-18(16)25(29)35)19-15-31-34-22(30-7-8-33-9-11-36-12-10-33)14-23(32-26(19)34)37-21-4-2-3-20(27)24(21)28/h2-6,13-15,30H,7-12H2,1H3,(H2,29,35). The van der Waals surface area contributed by atoms with E-state index < -0.39 is 17.5 Å². The smallest absolute Gasteiger partial charge is 0.248 e. The minimum absolute atomic E-state index is 0.0677. The van der Waals surface area contributed by atoms with Crippen molar-refractivity contribution in [2.75, 3.05) is 44.7 Å². The zero-order valence-electron chi connectivity index (χ0n) is 20.2. The minimum atomic E-state index is -1.10. The molecule has 0 saturated carbocycles. The fourth-order valence-corrected chi connectivity index (χ4v) is 4.27. The number of aromatic nitrogens is 3. The van der Waals surface area contributed by atoms with Gasteiger partial charge in [-0.2, -0.15) is 19.0 Å². The highest BCUT2D eigenvalue weighted by Crippen LogP contribution is 2.31. The van der Waals surface area contributed by atoms with Crippen molar-refractivity contribution < 1.29 is 23.0 Å². The number of fused-ring (bicyclic) bond motifs is 1. The second-order valence-corrected chi connectivity index (χ2v) is 8.70. The molecule has 4 aromatic rings. The zero-order valence-corrected chi connectivity index (χ0v) is 20.2. The number of primary amides is 1. The van der Waals surface area contributed by atoms with Gasteiger partial charge in [-0.1, -0.05) is 18.2 Å². The number of carbonyl (C=O) groups is 1. The average Bonchev–Trinajstić information content (AvgIpc) is 3.31. The summed E-state index contributed by atoms with van der Waals surface area (Å²) >= 11 is 0. The normalized spacial score (nSPS) is 14.1. The molecule has 192 valence electrons. The minimum Gasteiger partial charge on any atom is -0.436 e. The van der Waals surface area contributed by atoms with Crippen LogP contribution in [0.4, 0.5) is 14.6 Å². The van der Waals surface area contributed by atoms with Crippen LogP contribution in [0.2, 0.25) is 0 Å². The van der Waals surface area contributed by atoms with E-state index in [9.17, 15) is 13.6 Å². The number of morpholine rings is 1. The van der Waals surface area contributed by atoms with Crippen molar-refractivity contribution in [3.8, 4) is 22.8 Å². The van der Waals surface area contributed by atoms with E-state index in [1.54, 1.807) is 35.8 Å². The second-order valence-electron chi connectivity index (χ2n) is 8.70. The van der Waals surface area contributed by atoms with Crippen LogP contribution in [0.25, 0.3) is 16.8 Å². The maximum absolute atomic E-state index is 14.3. The maximum atomic E-state index is 14.3. The number of hydrogen-bond acceptors (Lipinski definition) is 7. The molecule has 1 aliphatic heterocycles. The van der Waals surface area contributed by atoms with Crippen molar-refractivity contribution in [2.24, 2.45) is 5.73 Å². The Kier molecular flexibility index (Phi) is 6.97. The first-order valence-electron chi connectivity index (χ1n) is 11.9. The number of nitrogens with one attached hydrogen (secondary N) is 1. The summed E-state index contributed by atoms with van der Waals surface area (Å²) in [5, 5.41) is 7.86. The average molecular weight is 509 g/mol. The highest BCUT2D eigenvalue weighted by molar-refractivity contribution is 5.95. The SMILES string of the molecule is Cc1cc(-c2cnn3c(NCCN4CCOCC4)cc(Oc4cccc(F)c4F)nc23)ccc1C(N)=O. The first-order chi connectivity index (χ1) is 17.9. The molecule has 37 heavy (non-hydrogen) atoms. The lowest BCUT2D eigenvalue weighted by molar-refractivity contribution is 0.0398. The van der Waals surface area contributed by atoms with E-state index >= 15 is 0 Å². The van der Waals surface area contributed by atoms with Gasteiger partial charge in [0.1, 0.15) is 5.82 Å². The van der Waals surface area contributed by atoms with Gasteiger partial charge in [0.25, 0.3) is 0 Å². The Morgan fingerprint density at radius 1 is 1.19 bits per heavy atom. The molecule has 0 atom stereocenters. The summed E-state index contributed by atoms with van der Waals surface area (Å²) in [5.41, 5.74) is 8.45. The van der Waals surface area contributed by atoms with Crippen LogP contribution in [-0.2, 0) is 4.74 Å². The van der Waals surface area contributed by atoms with Crippen molar-refractivity contribution in [3.63, 3.8) is 0 Å². The number of rotatable bonds is 8. The van der Waals surface area contributed by atoms with Gasteiger partial charge < -0.3 is 20.5 Å². The van der Waals surface area contributed by atoms with Gasteiger partial charge in [0.05, 0.1) is 19.4 Å². The van der Waals surface area contributed by atoms with Gasteiger partial charge >= 0.3 is 0 Å². The first kappa shape index (κ1) is 24.6. The molecule has 11 heteroatoms. The van der Waals surface area contributed by atoms with Crippen LogP contribution in [0.3, 0.4) is 0 Å². The second kappa shape index (κ2) is 10.5. The highest BCUT2D eigenvalue weighted by atomic mass is 19.2. The lowest BCUT2D eigenvalue weighted by atomic mass is 10.0. The molecule has 1 saturated heterocycles. The molecule has 2 aromatic carbocycles. The number of carbonyl (C=O) groups excluding carboxylic acids is 1. The lowest BCUT2D eigenvalue weighted by Gasteiger charge is -2.26. The monoisotopic (exact) mass is 508 g/mol. The van der Waals surface area contributed by atoms with Crippen molar-refractivity contribution in [1.82, 2.24) is 19.5 Å². The van der Waals surface area contributed by atoms with E-state index in [-0.39, 0.29) is 11.6 Å². The molecule has 3 heterocycles. The zero-order chi connectivity index (χ0) is 25.9. The molecule has 0 bridgehead atoms. The number of ether oxygens (including phenoxy) is 2. The van der Waals surface area contributed by atoms with Crippen LogP contribution in [0.15, 0.2) is 48.7 Å². The molecule has 1 amide bonds. The number of hydrogen-bond donors (Lipinski definition) is 2. The number of halogens is 2. The van der Waals surface area contributed by atoms with Crippen LogP contribution in [0, 0.1) is 18.6 Å². The molecule has 5 rings (SSSR count). The lowest BCUT2D eigenvalue weighted by Crippen LogP contribution is -2.39. The summed E-state index contributed by atoms with van der Waals surface area (Å²) in [4.78, 5) is 18.5. The molecule has 1 fully saturated rings. The van der Waals surface area contributed by atoms with E-state index in [4.69, 9.17) is 15.2 Å². The van der Waals surface area contributed by atoms with E-state index in [2.05, 4.69) is 20.3 Å². The van der Waals surface area contributed by atoms with Gasteiger partial charge in [0.2, 0.25) is 17.6 Å². The number of nitrogens with two attached hydrogens (primary N) is 1. The third-order valence-corrected chi connectivity index (χ3v) is 6.22. The Hall–Kier alpha value is -4.09. The van der Waals surface area contributed by atoms with Gasteiger partial charge in [0.15, 0.2) is 17.2 Å². The van der Waals surface area contributed by atoms with Crippen LogP contribution in [0.1, 0.15) is 15.9 Å². The summed E-state index contributed by atoms with van der Waals surface area (Å²) in [7, 11) is 0. The number of nitrogens with zero attached hydrogens (tertiary/aromatic N) is 4. The summed E-state index contributed by atoms with van der Waals surface area (Å²) in [6.07, 6.45) is 1.65. The predicted molar refractivity (Wildman–Crippen MR) is 134 cm³/mol. The fraction of sp³-hybridized carbons (Fsp3) is 0.269.